The minimum Gasteiger partial charge on any atom is -0.456 e. The molecular formula is C77H48N4O. The van der Waals surface area contributed by atoms with Crippen LogP contribution in [0, 0.1) is 0 Å². The van der Waals surface area contributed by atoms with E-state index in [-0.39, 0.29) is 0 Å². The zero-order valence-electron chi connectivity index (χ0n) is 44.4. The monoisotopic (exact) mass is 1040 g/mol. The van der Waals surface area contributed by atoms with E-state index in [1.165, 1.54) is 54.6 Å². The third-order valence-electron chi connectivity index (χ3n) is 16.3. The van der Waals surface area contributed by atoms with E-state index in [0.717, 1.165) is 88.7 Å². The summed E-state index contributed by atoms with van der Waals surface area (Å²) in [5.41, 5.74) is 18.8. The molecule has 0 bridgehead atoms. The number of benzene rings is 13. The van der Waals surface area contributed by atoms with Crippen molar-refractivity contribution in [2.75, 3.05) is 0 Å². The van der Waals surface area contributed by atoms with E-state index in [4.69, 9.17) is 19.4 Å². The summed E-state index contributed by atoms with van der Waals surface area (Å²) >= 11 is 0. The van der Waals surface area contributed by atoms with Crippen molar-refractivity contribution in [3.63, 3.8) is 0 Å². The first-order valence-corrected chi connectivity index (χ1v) is 27.8. The number of nitrogens with zero attached hydrogens (tertiary/aromatic N) is 4. The molecule has 0 radical (unpaired) electrons. The Morgan fingerprint density at radius 1 is 0.232 bits per heavy atom. The summed E-state index contributed by atoms with van der Waals surface area (Å²) in [6.45, 7) is 0. The van der Waals surface area contributed by atoms with Crippen LogP contribution in [0.4, 0.5) is 0 Å². The molecule has 3 heterocycles. The fourth-order valence-electron chi connectivity index (χ4n) is 12.0. The van der Waals surface area contributed by atoms with Crippen LogP contribution in [0.2, 0.25) is 0 Å². The second-order valence-corrected chi connectivity index (χ2v) is 21.2. The number of fused-ring (bicyclic) bond motifs is 8. The zero-order chi connectivity index (χ0) is 54.1. The maximum atomic E-state index is 6.60. The Kier molecular flexibility index (Phi) is 11.1. The zero-order valence-corrected chi connectivity index (χ0v) is 44.4. The molecular weight excluding hydrogens is 997 g/mol. The second-order valence-electron chi connectivity index (χ2n) is 21.2. The van der Waals surface area contributed by atoms with Gasteiger partial charge in [-0.2, -0.15) is 0 Å². The SMILES string of the molecule is c1ccc(-c2ccc(-c3ccc(-c4nc(-c5ccc(-c6ccc(-c7ccccc7)cc6)cc5)nc(-c5ccc(-n6c7cc8ccccc8cc7c7cc8ccccc8cc76)cc5-c5ccc6c(c5)oc5ccccc56)n4)cc3)cc2)cc1. The summed E-state index contributed by atoms with van der Waals surface area (Å²) in [4.78, 5) is 16.2. The molecule has 16 aromatic rings. The molecule has 0 spiro atoms. The van der Waals surface area contributed by atoms with Crippen molar-refractivity contribution in [3.8, 4) is 95.5 Å². The van der Waals surface area contributed by atoms with Crippen molar-refractivity contribution in [1.82, 2.24) is 19.5 Å². The fourth-order valence-corrected chi connectivity index (χ4v) is 12.0. The molecule has 0 aliphatic carbocycles. The van der Waals surface area contributed by atoms with Gasteiger partial charge >= 0.3 is 0 Å². The normalized spacial score (nSPS) is 11.7. The Morgan fingerprint density at radius 2 is 0.610 bits per heavy atom. The molecule has 382 valence electrons. The Labute approximate surface area is 473 Å². The number of furan rings is 1. The maximum absolute atomic E-state index is 6.60. The summed E-state index contributed by atoms with van der Waals surface area (Å²) in [5.74, 6) is 1.72. The molecule has 16 rings (SSSR count). The van der Waals surface area contributed by atoms with Crippen LogP contribution in [0.3, 0.4) is 0 Å². The van der Waals surface area contributed by atoms with Crippen LogP contribution in [-0.2, 0) is 0 Å². The lowest BCUT2D eigenvalue weighted by Crippen LogP contribution is -2.02. The van der Waals surface area contributed by atoms with Gasteiger partial charge in [0.2, 0.25) is 0 Å². The highest BCUT2D eigenvalue weighted by molar-refractivity contribution is 6.17. The summed E-state index contributed by atoms with van der Waals surface area (Å²) in [5, 5.41) is 9.33. The highest BCUT2D eigenvalue weighted by atomic mass is 16.3. The van der Waals surface area contributed by atoms with Gasteiger partial charge < -0.3 is 8.98 Å². The van der Waals surface area contributed by atoms with Gasteiger partial charge in [-0.3, -0.25) is 0 Å². The third kappa shape index (κ3) is 8.30. The summed E-state index contributed by atoms with van der Waals surface area (Å²) in [7, 11) is 0. The lowest BCUT2D eigenvalue weighted by Gasteiger charge is -2.16. The lowest BCUT2D eigenvalue weighted by atomic mass is 9.96. The Bertz CT molecular complexity index is 4870. The van der Waals surface area contributed by atoms with Gasteiger partial charge in [0.25, 0.3) is 0 Å². The molecule has 0 aliphatic rings. The Morgan fingerprint density at radius 3 is 1.10 bits per heavy atom. The topological polar surface area (TPSA) is 56.7 Å². The number of aromatic nitrogens is 4. The van der Waals surface area contributed by atoms with Crippen molar-refractivity contribution in [2.45, 2.75) is 0 Å². The molecule has 0 amide bonds. The number of hydrogen-bond acceptors (Lipinski definition) is 4. The Balaban J connectivity index is 0.874. The molecule has 5 heteroatoms. The largest absolute Gasteiger partial charge is 0.456 e. The van der Waals surface area contributed by atoms with Crippen molar-refractivity contribution < 1.29 is 4.42 Å². The minimum absolute atomic E-state index is 0.562. The van der Waals surface area contributed by atoms with Gasteiger partial charge in [-0.25, -0.2) is 15.0 Å². The number of hydrogen-bond donors (Lipinski definition) is 0. The first-order valence-electron chi connectivity index (χ1n) is 27.8. The average Bonchev–Trinajstić information content (AvgIpc) is 3.99. The highest BCUT2D eigenvalue weighted by Gasteiger charge is 2.21. The molecule has 0 unspecified atom stereocenters. The molecule has 0 N–H and O–H groups in total. The van der Waals surface area contributed by atoms with Gasteiger partial charge in [-0.05, 0) is 138 Å². The summed E-state index contributed by atoms with van der Waals surface area (Å²) < 4.78 is 9.03. The Hall–Kier alpha value is -11.0. The van der Waals surface area contributed by atoms with E-state index in [9.17, 15) is 0 Å². The van der Waals surface area contributed by atoms with E-state index in [1.807, 2.05) is 12.1 Å². The van der Waals surface area contributed by atoms with Crippen LogP contribution in [0.5, 0.6) is 0 Å². The molecule has 0 saturated carbocycles. The smallest absolute Gasteiger partial charge is 0.164 e. The molecule has 82 heavy (non-hydrogen) atoms. The van der Waals surface area contributed by atoms with Gasteiger partial charge in [0, 0.05) is 43.9 Å². The fraction of sp³-hybridized carbons (Fsp3) is 0. The highest BCUT2D eigenvalue weighted by Crippen LogP contribution is 2.42. The second kappa shape index (κ2) is 19.4. The molecule has 5 nitrogen and oxygen atoms in total. The number of para-hydroxylation sites is 1. The molecule has 13 aromatic carbocycles. The van der Waals surface area contributed by atoms with Gasteiger partial charge in [0.15, 0.2) is 17.5 Å². The third-order valence-corrected chi connectivity index (χ3v) is 16.3. The molecule has 0 aliphatic heterocycles. The van der Waals surface area contributed by atoms with Gasteiger partial charge in [-0.1, -0.05) is 231 Å². The summed E-state index contributed by atoms with van der Waals surface area (Å²) in [6, 6.07) is 104. The van der Waals surface area contributed by atoms with Gasteiger partial charge in [-0.15, -0.1) is 0 Å². The quantitative estimate of drug-likeness (QED) is 0.145. The van der Waals surface area contributed by atoms with E-state index in [2.05, 4.69) is 284 Å². The van der Waals surface area contributed by atoms with E-state index < -0.39 is 0 Å². The first-order chi connectivity index (χ1) is 40.6. The summed E-state index contributed by atoms with van der Waals surface area (Å²) in [6.07, 6.45) is 0. The molecule has 0 atom stereocenters. The van der Waals surface area contributed by atoms with Crippen LogP contribution in [0.25, 0.3) is 161 Å². The van der Waals surface area contributed by atoms with Crippen LogP contribution < -0.4 is 0 Å². The van der Waals surface area contributed by atoms with Crippen molar-refractivity contribution in [3.05, 3.63) is 291 Å². The van der Waals surface area contributed by atoms with Crippen LogP contribution >= 0.6 is 0 Å². The van der Waals surface area contributed by atoms with Crippen molar-refractivity contribution in [2.24, 2.45) is 0 Å². The van der Waals surface area contributed by atoms with Crippen LogP contribution in [0.1, 0.15) is 0 Å². The van der Waals surface area contributed by atoms with Crippen molar-refractivity contribution >= 4 is 65.3 Å². The van der Waals surface area contributed by atoms with Crippen LogP contribution in [0.15, 0.2) is 296 Å². The van der Waals surface area contributed by atoms with E-state index in [1.54, 1.807) is 0 Å². The molecule has 0 saturated heterocycles. The van der Waals surface area contributed by atoms with Crippen molar-refractivity contribution in [1.29, 1.82) is 0 Å². The molecule has 3 aromatic heterocycles. The van der Waals surface area contributed by atoms with E-state index in [0.29, 0.717) is 17.5 Å². The lowest BCUT2D eigenvalue weighted by molar-refractivity contribution is 0.669. The predicted molar refractivity (Wildman–Crippen MR) is 340 cm³/mol. The molecule has 0 fully saturated rings. The average molecular weight is 1050 g/mol. The van der Waals surface area contributed by atoms with E-state index >= 15 is 0 Å². The van der Waals surface area contributed by atoms with Gasteiger partial charge in [0.1, 0.15) is 11.2 Å². The number of rotatable bonds is 9. The minimum atomic E-state index is 0.562. The predicted octanol–water partition coefficient (Wildman–Crippen LogP) is 20.5. The maximum Gasteiger partial charge on any atom is 0.164 e. The standard InChI is InChI=1S/C77H48N4O/c1-3-13-49(14-4-1)51-23-27-53(28-24-51)55-31-35-57(36-32-55)75-78-76(58-37-33-56(34-38-58)54-29-25-52(26-30-54)50-15-5-2-6-16-50)80-77(79-75)67-42-40-64(48-68(67)63-39-41-66-65-21-11-12-22-73(65)82-74(66)47-63)81-71-45-61-19-9-7-17-59(61)43-69(71)70-44-60-18-8-10-20-62(60)46-72(70)81/h1-48H. The van der Waals surface area contributed by atoms with Gasteiger partial charge in [0.05, 0.1) is 11.0 Å². The van der Waals surface area contributed by atoms with Crippen LogP contribution in [-0.4, -0.2) is 19.5 Å². The first kappa shape index (κ1) is 47.0.